The lowest BCUT2D eigenvalue weighted by atomic mass is 10.0. The number of amides is 1. The van der Waals surface area contributed by atoms with E-state index in [4.69, 9.17) is 4.74 Å². The van der Waals surface area contributed by atoms with E-state index in [0.717, 1.165) is 18.6 Å². The van der Waals surface area contributed by atoms with Crippen LogP contribution < -0.4 is 10.1 Å². The molecule has 0 bridgehead atoms. The molecule has 25 heavy (non-hydrogen) atoms. The van der Waals surface area contributed by atoms with Gasteiger partial charge in [-0.3, -0.25) is 4.79 Å². The molecule has 1 aromatic heterocycles. The number of aromatic nitrogens is 1. The maximum Gasteiger partial charge on any atom is 0.270 e. The summed E-state index contributed by atoms with van der Waals surface area (Å²) in [6.45, 7) is 0.393. The Morgan fingerprint density at radius 3 is 2.96 bits per heavy atom. The van der Waals surface area contributed by atoms with Gasteiger partial charge in [-0.1, -0.05) is 36.4 Å². The molecule has 1 amide bonds. The second-order valence-corrected chi connectivity index (χ2v) is 6.10. The first-order chi connectivity index (χ1) is 12.2. The Balaban J connectivity index is 1.44. The number of carbonyl (C=O) groups excluding carboxylic acids is 1. The molecular weight excluding hydrogens is 319 g/mol. The molecule has 126 valence electrons. The second kappa shape index (κ2) is 6.51. The monoisotopic (exact) mass is 336 g/mol. The molecule has 0 saturated heterocycles. The Bertz CT molecular complexity index is 942. The first-order valence-corrected chi connectivity index (χ1v) is 8.29. The van der Waals surface area contributed by atoms with Crippen LogP contribution in [0.5, 0.6) is 5.75 Å². The molecule has 1 aliphatic heterocycles. The quantitative estimate of drug-likeness (QED) is 0.796. The van der Waals surface area contributed by atoms with Crippen molar-refractivity contribution >= 4 is 16.8 Å². The number of fused-ring (bicyclic) bond motifs is 2. The second-order valence-electron chi connectivity index (χ2n) is 6.10. The highest BCUT2D eigenvalue weighted by atomic mass is 19.1. The first-order valence-electron chi connectivity index (χ1n) is 8.29. The van der Waals surface area contributed by atoms with Gasteiger partial charge >= 0.3 is 0 Å². The third kappa shape index (κ3) is 3.18. The van der Waals surface area contributed by atoms with Crippen molar-refractivity contribution in [1.82, 2.24) is 10.3 Å². The van der Waals surface area contributed by atoms with Crippen LogP contribution in [0.3, 0.4) is 0 Å². The van der Waals surface area contributed by atoms with E-state index in [0.29, 0.717) is 11.9 Å². The molecular formula is C20H17FN2O2. The lowest BCUT2D eigenvalue weighted by molar-refractivity contribution is 0.0914. The van der Waals surface area contributed by atoms with Gasteiger partial charge in [0, 0.05) is 5.39 Å². The van der Waals surface area contributed by atoms with E-state index in [9.17, 15) is 9.18 Å². The number of halogens is 1. The topological polar surface area (TPSA) is 51.2 Å². The number of nitrogens with zero attached hydrogens (tertiary/aromatic N) is 1. The molecule has 0 saturated carbocycles. The maximum absolute atomic E-state index is 13.8. The molecule has 0 radical (unpaired) electrons. The van der Waals surface area contributed by atoms with E-state index in [2.05, 4.69) is 16.4 Å². The molecule has 1 N–H and O–H groups in total. The minimum absolute atomic E-state index is 0.0731. The molecule has 1 atom stereocenters. The third-order valence-corrected chi connectivity index (χ3v) is 4.40. The summed E-state index contributed by atoms with van der Waals surface area (Å²) in [6, 6.07) is 16.0. The Morgan fingerprint density at radius 1 is 1.16 bits per heavy atom. The summed E-state index contributed by atoms with van der Waals surface area (Å²) >= 11 is 0. The van der Waals surface area contributed by atoms with E-state index in [1.165, 1.54) is 11.6 Å². The number of nitrogens with one attached hydrogen (secondary N) is 1. The van der Waals surface area contributed by atoms with E-state index in [1.54, 1.807) is 24.3 Å². The van der Waals surface area contributed by atoms with E-state index in [1.807, 2.05) is 18.2 Å². The van der Waals surface area contributed by atoms with Crippen LogP contribution in [-0.4, -0.2) is 23.5 Å². The summed E-state index contributed by atoms with van der Waals surface area (Å²) in [6.07, 6.45) is 1.70. The van der Waals surface area contributed by atoms with Crippen LogP contribution in [0.4, 0.5) is 4.39 Å². The number of rotatable bonds is 3. The summed E-state index contributed by atoms with van der Waals surface area (Å²) in [4.78, 5) is 16.5. The minimum atomic E-state index is -0.431. The van der Waals surface area contributed by atoms with Crippen LogP contribution in [0.1, 0.15) is 22.5 Å². The van der Waals surface area contributed by atoms with Gasteiger partial charge in [0.1, 0.15) is 28.9 Å². The highest BCUT2D eigenvalue weighted by molar-refractivity contribution is 5.94. The summed E-state index contributed by atoms with van der Waals surface area (Å²) < 4.78 is 19.7. The molecule has 0 spiro atoms. The molecule has 1 unspecified atom stereocenters. The van der Waals surface area contributed by atoms with E-state index >= 15 is 0 Å². The van der Waals surface area contributed by atoms with Gasteiger partial charge in [0.15, 0.2) is 0 Å². The lowest BCUT2D eigenvalue weighted by Crippen LogP contribution is -2.37. The van der Waals surface area contributed by atoms with Gasteiger partial charge in [0.2, 0.25) is 0 Å². The fraction of sp³-hybridized carbons (Fsp3) is 0.200. The highest BCUT2D eigenvalue weighted by Crippen LogP contribution is 2.26. The number of hydrogen-bond acceptors (Lipinski definition) is 3. The fourth-order valence-corrected chi connectivity index (χ4v) is 3.06. The summed E-state index contributed by atoms with van der Waals surface area (Å²) in [5, 5.41) is 3.50. The van der Waals surface area contributed by atoms with Gasteiger partial charge in [-0.25, -0.2) is 9.37 Å². The zero-order valence-corrected chi connectivity index (χ0v) is 13.5. The number of ether oxygens (including phenoxy) is 1. The van der Waals surface area contributed by atoms with Crippen LogP contribution >= 0.6 is 0 Å². The number of pyridine rings is 1. The summed E-state index contributed by atoms with van der Waals surface area (Å²) in [7, 11) is 0. The van der Waals surface area contributed by atoms with Gasteiger partial charge in [0.05, 0.1) is 6.54 Å². The normalized spacial score (nSPS) is 16.1. The molecule has 0 fully saturated rings. The molecule has 3 aromatic rings. The van der Waals surface area contributed by atoms with Crippen molar-refractivity contribution in [2.24, 2.45) is 0 Å². The van der Waals surface area contributed by atoms with Crippen LogP contribution in [-0.2, 0) is 6.42 Å². The Hall–Kier alpha value is -2.95. The zero-order valence-electron chi connectivity index (χ0n) is 13.5. The Labute approximate surface area is 144 Å². The largest absolute Gasteiger partial charge is 0.488 e. The van der Waals surface area contributed by atoms with Crippen molar-refractivity contribution in [2.75, 3.05) is 6.54 Å². The van der Waals surface area contributed by atoms with Gasteiger partial charge in [0.25, 0.3) is 5.91 Å². The molecule has 4 rings (SSSR count). The zero-order chi connectivity index (χ0) is 17.2. The third-order valence-electron chi connectivity index (χ3n) is 4.40. The Morgan fingerprint density at radius 2 is 2.04 bits per heavy atom. The summed E-state index contributed by atoms with van der Waals surface area (Å²) in [5.41, 5.74) is 1.60. The van der Waals surface area contributed by atoms with Gasteiger partial charge < -0.3 is 10.1 Å². The van der Waals surface area contributed by atoms with Crippen LogP contribution in [0.15, 0.2) is 54.6 Å². The van der Waals surface area contributed by atoms with Crippen LogP contribution in [0.25, 0.3) is 10.9 Å². The predicted molar refractivity (Wildman–Crippen MR) is 93.2 cm³/mol. The average Bonchev–Trinajstić information content (AvgIpc) is 2.66. The number of aryl methyl sites for hydroxylation is 1. The summed E-state index contributed by atoms with van der Waals surface area (Å²) in [5.74, 6) is 0.117. The molecule has 1 aliphatic rings. The van der Waals surface area contributed by atoms with E-state index < -0.39 is 5.82 Å². The number of hydrogen-bond donors (Lipinski definition) is 1. The first kappa shape index (κ1) is 15.6. The Kier molecular flexibility index (Phi) is 4.06. The standard InChI is InChI=1S/C20H17FN2O2/c21-16-6-3-5-14-9-11-17(23-19(14)16)20(24)22-12-15-10-8-13-4-1-2-7-18(13)25-15/h1-7,9,11,15H,8,10,12H2,(H,22,24). The molecule has 2 aromatic carbocycles. The molecule has 2 heterocycles. The number of para-hydroxylation sites is 2. The van der Waals surface area contributed by atoms with Gasteiger partial charge in [-0.05, 0) is 36.6 Å². The number of carbonyl (C=O) groups is 1. The van der Waals surface area contributed by atoms with Crippen molar-refractivity contribution < 1.29 is 13.9 Å². The SMILES string of the molecule is O=C(NCC1CCc2ccccc2O1)c1ccc2cccc(F)c2n1. The van der Waals surface area contributed by atoms with E-state index in [-0.39, 0.29) is 23.2 Å². The van der Waals surface area contributed by atoms with Crippen molar-refractivity contribution in [3.63, 3.8) is 0 Å². The lowest BCUT2D eigenvalue weighted by Gasteiger charge is -2.26. The fourth-order valence-electron chi connectivity index (χ4n) is 3.06. The number of benzene rings is 2. The molecule has 5 heteroatoms. The van der Waals surface area contributed by atoms with Crippen LogP contribution in [0, 0.1) is 5.82 Å². The van der Waals surface area contributed by atoms with Crippen LogP contribution in [0.2, 0.25) is 0 Å². The molecule has 0 aliphatic carbocycles. The van der Waals surface area contributed by atoms with Crippen molar-refractivity contribution in [3.05, 3.63) is 71.7 Å². The van der Waals surface area contributed by atoms with Crippen molar-refractivity contribution in [1.29, 1.82) is 0 Å². The smallest absolute Gasteiger partial charge is 0.270 e. The van der Waals surface area contributed by atoms with Gasteiger partial charge in [-0.15, -0.1) is 0 Å². The van der Waals surface area contributed by atoms with Crippen molar-refractivity contribution in [3.8, 4) is 5.75 Å². The van der Waals surface area contributed by atoms with Gasteiger partial charge in [-0.2, -0.15) is 0 Å². The molecule has 4 nitrogen and oxygen atoms in total. The maximum atomic E-state index is 13.8. The predicted octanol–water partition coefficient (Wildman–Crippen LogP) is 3.50. The van der Waals surface area contributed by atoms with Crippen molar-refractivity contribution in [2.45, 2.75) is 18.9 Å². The average molecular weight is 336 g/mol. The highest BCUT2D eigenvalue weighted by Gasteiger charge is 2.20. The minimum Gasteiger partial charge on any atom is -0.488 e.